The molecule has 0 bridgehead atoms. The molecule has 1 heterocycles. The third-order valence-corrected chi connectivity index (χ3v) is 6.20. The smallest absolute Gasteiger partial charge is 0.258 e. The molecule has 1 N–H and O–H groups in total. The number of halogens is 1. The highest BCUT2D eigenvalue weighted by Crippen LogP contribution is 2.20. The van der Waals surface area contributed by atoms with E-state index < -0.39 is 0 Å². The van der Waals surface area contributed by atoms with Crippen LogP contribution in [0.3, 0.4) is 0 Å². The van der Waals surface area contributed by atoms with Gasteiger partial charge in [-0.15, -0.1) is 0 Å². The number of aromatic nitrogens is 2. The zero-order valence-corrected chi connectivity index (χ0v) is 21.5. The van der Waals surface area contributed by atoms with Crippen LogP contribution in [0.25, 0.3) is 11.0 Å². The van der Waals surface area contributed by atoms with Gasteiger partial charge in [-0.3, -0.25) is 4.79 Å². The van der Waals surface area contributed by atoms with Crippen molar-refractivity contribution in [2.45, 2.75) is 45.7 Å². The van der Waals surface area contributed by atoms with Crippen LogP contribution in [0.1, 0.15) is 44.0 Å². The van der Waals surface area contributed by atoms with E-state index in [1.54, 1.807) is 24.3 Å². The number of hydrogen-bond acceptors (Lipinski definition) is 4. The van der Waals surface area contributed by atoms with Gasteiger partial charge in [0.2, 0.25) is 0 Å². The Bertz CT molecular complexity index is 1270. The maximum Gasteiger partial charge on any atom is 0.258 e. The number of carbonyl (C=O) groups excluding carboxylic acids is 1. The van der Waals surface area contributed by atoms with Gasteiger partial charge < -0.3 is 19.4 Å². The molecule has 188 valence electrons. The number of rotatable bonds is 12. The maximum atomic E-state index is 12.4. The van der Waals surface area contributed by atoms with Crippen LogP contribution in [0, 0.1) is 0 Å². The average Bonchev–Trinajstić information content (AvgIpc) is 3.24. The number of hydrogen-bond donors (Lipinski definition) is 1. The van der Waals surface area contributed by atoms with E-state index in [4.69, 9.17) is 26.1 Å². The average molecular weight is 506 g/mol. The second-order valence-electron chi connectivity index (χ2n) is 8.97. The molecule has 0 spiro atoms. The van der Waals surface area contributed by atoms with Crippen LogP contribution in [0.5, 0.6) is 11.5 Å². The lowest BCUT2D eigenvalue weighted by atomic mass is 10.0. The Morgan fingerprint density at radius 2 is 1.64 bits per heavy atom. The summed E-state index contributed by atoms with van der Waals surface area (Å²) < 4.78 is 13.6. The molecule has 0 aliphatic heterocycles. The molecule has 3 aromatic carbocycles. The minimum Gasteiger partial charge on any atom is -0.494 e. The van der Waals surface area contributed by atoms with Gasteiger partial charge in [0.1, 0.15) is 17.3 Å². The van der Waals surface area contributed by atoms with E-state index in [9.17, 15) is 4.79 Å². The fourth-order valence-corrected chi connectivity index (χ4v) is 4.06. The Morgan fingerprint density at radius 1 is 0.944 bits per heavy atom. The van der Waals surface area contributed by atoms with E-state index in [1.807, 2.05) is 30.3 Å². The number of benzene rings is 3. The molecule has 36 heavy (non-hydrogen) atoms. The Labute approximate surface area is 217 Å². The standard InChI is InChI=1S/C29H32ClN3O3/c1-21(2)22-9-13-24(14-10-22)35-18-6-5-17-33-27-8-4-3-7-26(27)32-28(33)19-31-29(34)20-36-25-15-11-23(30)12-16-25/h3-4,7-16,21H,5-6,17-20H2,1-2H3,(H,31,34). The normalized spacial score (nSPS) is 11.1. The highest BCUT2D eigenvalue weighted by Gasteiger charge is 2.12. The second-order valence-corrected chi connectivity index (χ2v) is 9.40. The summed E-state index contributed by atoms with van der Waals surface area (Å²) in [6, 6.07) is 23.3. The highest BCUT2D eigenvalue weighted by molar-refractivity contribution is 6.30. The van der Waals surface area contributed by atoms with Crippen LogP contribution in [0.4, 0.5) is 0 Å². The Morgan fingerprint density at radius 3 is 2.39 bits per heavy atom. The summed E-state index contributed by atoms with van der Waals surface area (Å²) in [6.45, 7) is 6.08. The van der Waals surface area contributed by atoms with E-state index in [-0.39, 0.29) is 12.5 Å². The molecule has 0 saturated heterocycles. The minimum absolute atomic E-state index is 0.0721. The monoisotopic (exact) mass is 505 g/mol. The summed E-state index contributed by atoms with van der Waals surface area (Å²) in [5, 5.41) is 3.54. The fourth-order valence-electron chi connectivity index (χ4n) is 3.93. The first-order valence-electron chi connectivity index (χ1n) is 12.3. The van der Waals surface area contributed by atoms with Gasteiger partial charge in [0.05, 0.1) is 24.2 Å². The summed E-state index contributed by atoms with van der Waals surface area (Å²) >= 11 is 5.89. The van der Waals surface area contributed by atoms with Crippen molar-refractivity contribution in [3.63, 3.8) is 0 Å². The van der Waals surface area contributed by atoms with Gasteiger partial charge >= 0.3 is 0 Å². The third kappa shape index (κ3) is 7.01. The Kier molecular flexibility index (Phi) is 8.85. The van der Waals surface area contributed by atoms with Crippen molar-refractivity contribution < 1.29 is 14.3 Å². The van der Waals surface area contributed by atoms with E-state index >= 15 is 0 Å². The van der Waals surface area contributed by atoms with Crippen LogP contribution in [-0.4, -0.2) is 28.7 Å². The van der Waals surface area contributed by atoms with E-state index in [2.05, 4.69) is 41.9 Å². The molecule has 1 aromatic heterocycles. The van der Waals surface area contributed by atoms with Gasteiger partial charge in [0, 0.05) is 11.6 Å². The Hall–Kier alpha value is -3.51. The predicted molar refractivity (Wildman–Crippen MR) is 144 cm³/mol. The van der Waals surface area contributed by atoms with Crippen molar-refractivity contribution in [2.75, 3.05) is 13.2 Å². The molecule has 7 heteroatoms. The van der Waals surface area contributed by atoms with Crippen LogP contribution < -0.4 is 14.8 Å². The summed E-state index contributed by atoms with van der Waals surface area (Å²) in [6.07, 6.45) is 1.85. The van der Waals surface area contributed by atoms with Gasteiger partial charge in [0.15, 0.2) is 6.61 Å². The summed E-state index contributed by atoms with van der Waals surface area (Å²) in [7, 11) is 0. The van der Waals surface area contributed by atoms with Crippen LogP contribution in [0.2, 0.25) is 5.02 Å². The number of fused-ring (bicyclic) bond motifs is 1. The molecule has 0 aliphatic rings. The van der Waals surface area contributed by atoms with Crippen molar-refractivity contribution >= 4 is 28.5 Å². The summed E-state index contributed by atoms with van der Waals surface area (Å²) in [5.74, 6) is 2.62. The van der Waals surface area contributed by atoms with Crippen molar-refractivity contribution in [3.05, 3.63) is 89.2 Å². The molecule has 0 aliphatic carbocycles. The van der Waals surface area contributed by atoms with Gasteiger partial charge in [-0.2, -0.15) is 0 Å². The minimum atomic E-state index is -0.208. The number of nitrogens with one attached hydrogen (secondary N) is 1. The topological polar surface area (TPSA) is 65.4 Å². The third-order valence-electron chi connectivity index (χ3n) is 5.95. The summed E-state index contributed by atoms with van der Waals surface area (Å²) in [4.78, 5) is 17.1. The lowest BCUT2D eigenvalue weighted by Gasteiger charge is -2.12. The Balaban J connectivity index is 1.28. The van der Waals surface area contributed by atoms with Gasteiger partial charge in [-0.25, -0.2) is 4.98 Å². The fraction of sp³-hybridized carbons (Fsp3) is 0.310. The lowest BCUT2D eigenvalue weighted by Crippen LogP contribution is -2.29. The van der Waals surface area contributed by atoms with Crippen molar-refractivity contribution in [3.8, 4) is 11.5 Å². The quantitative estimate of drug-likeness (QED) is 0.227. The van der Waals surface area contributed by atoms with Crippen molar-refractivity contribution in [2.24, 2.45) is 0 Å². The molecular weight excluding hydrogens is 474 g/mol. The number of amides is 1. The molecule has 0 saturated carbocycles. The predicted octanol–water partition coefficient (Wildman–Crippen LogP) is 6.37. The number of aryl methyl sites for hydroxylation is 1. The molecule has 4 rings (SSSR count). The number of imidazole rings is 1. The molecule has 0 fully saturated rings. The van der Waals surface area contributed by atoms with Crippen LogP contribution >= 0.6 is 11.6 Å². The molecular formula is C29H32ClN3O3. The number of ether oxygens (including phenoxy) is 2. The molecule has 0 radical (unpaired) electrons. The number of para-hydroxylation sites is 2. The zero-order chi connectivity index (χ0) is 25.3. The maximum absolute atomic E-state index is 12.4. The van der Waals surface area contributed by atoms with E-state index in [1.165, 1.54) is 5.56 Å². The largest absolute Gasteiger partial charge is 0.494 e. The van der Waals surface area contributed by atoms with Gasteiger partial charge in [-0.05, 0) is 72.9 Å². The summed E-state index contributed by atoms with van der Waals surface area (Å²) in [5.41, 5.74) is 3.29. The van der Waals surface area contributed by atoms with Crippen LogP contribution in [-0.2, 0) is 17.9 Å². The zero-order valence-electron chi connectivity index (χ0n) is 20.7. The molecule has 6 nitrogen and oxygen atoms in total. The first kappa shape index (κ1) is 25.6. The lowest BCUT2D eigenvalue weighted by molar-refractivity contribution is -0.123. The number of unbranched alkanes of at least 4 members (excludes halogenated alkanes) is 1. The number of nitrogens with zero attached hydrogens (tertiary/aromatic N) is 2. The van der Waals surface area contributed by atoms with Gasteiger partial charge in [-0.1, -0.05) is 49.7 Å². The van der Waals surface area contributed by atoms with E-state index in [0.717, 1.165) is 42.0 Å². The molecule has 0 atom stereocenters. The SMILES string of the molecule is CC(C)c1ccc(OCCCCn2c(CNC(=O)COc3ccc(Cl)cc3)nc3ccccc32)cc1. The van der Waals surface area contributed by atoms with Crippen LogP contribution in [0.15, 0.2) is 72.8 Å². The highest BCUT2D eigenvalue weighted by atomic mass is 35.5. The van der Waals surface area contributed by atoms with E-state index in [0.29, 0.717) is 29.8 Å². The second kappa shape index (κ2) is 12.5. The van der Waals surface area contributed by atoms with Gasteiger partial charge in [0.25, 0.3) is 5.91 Å². The van der Waals surface area contributed by atoms with Crippen molar-refractivity contribution in [1.82, 2.24) is 14.9 Å². The molecule has 4 aromatic rings. The first-order valence-corrected chi connectivity index (χ1v) is 12.7. The van der Waals surface area contributed by atoms with Crippen molar-refractivity contribution in [1.29, 1.82) is 0 Å². The first-order chi connectivity index (χ1) is 17.5. The molecule has 0 unspecified atom stereocenters. The number of carbonyl (C=O) groups is 1. The molecule has 1 amide bonds.